The SMILES string of the molecule is C=C(CC)C1=C(/C(=C\C)c2cnn(C)c2)CC(NC(=C)N2CC[C@H](C)C2)=N1. The normalized spacial score (nSPS) is 20.3. The van der Waals surface area contributed by atoms with Crippen LogP contribution in [0, 0.1) is 5.92 Å². The first-order valence-corrected chi connectivity index (χ1v) is 9.78. The number of nitrogens with one attached hydrogen (secondary N) is 1. The first kappa shape index (κ1) is 19.2. The molecule has 2 aliphatic rings. The lowest BCUT2D eigenvalue weighted by Gasteiger charge is -2.22. The van der Waals surface area contributed by atoms with E-state index in [0.29, 0.717) is 0 Å². The fourth-order valence-corrected chi connectivity index (χ4v) is 3.75. The van der Waals surface area contributed by atoms with E-state index in [0.717, 1.165) is 60.3 Å². The van der Waals surface area contributed by atoms with Crippen LogP contribution in [-0.4, -0.2) is 33.6 Å². The average molecular weight is 366 g/mol. The molecule has 1 saturated heterocycles. The quantitative estimate of drug-likeness (QED) is 0.820. The van der Waals surface area contributed by atoms with Crippen LogP contribution in [0.15, 0.2) is 59.3 Å². The van der Waals surface area contributed by atoms with E-state index in [-0.39, 0.29) is 0 Å². The van der Waals surface area contributed by atoms with Crippen molar-refractivity contribution in [1.29, 1.82) is 0 Å². The second-order valence-electron chi connectivity index (χ2n) is 7.54. The van der Waals surface area contributed by atoms with Crippen molar-refractivity contribution in [2.24, 2.45) is 18.0 Å². The topological polar surface area (TPSA) is 45.5 Å². The van der Waals surface area contributed by atoms with Gasteiger partial charge in [0.1, 0.15) is 5.84 Å². The van der Waals surface area contributed by atoms with Gasteiger partial charge in [0, 0.05) is 38.3 Å². The van der Waals surface area contributed by atoms with Crippen LogP contribution in [0.3, 0.4) is 0 Å². The standard InChI is InChI=1S/C22H31N5/c1-7-16(4)22-20(19(8-2)18-12-23-26(6)14-18)11-21(25-22)24-17(5)27-10-9-15(3)13-27/h8,12,14-15H,4-5,7,9-11,13H2,1-3,6H3,(H,24,25)/b19-8-/t15-/m0/s1. The maximum absolute atomic E-state index is 4.90. The molecule has 1 atom stereocenters. The molecule has 3 heterocycles. The summed E-state index contributed by atoms with van der Waals surface area (Å²) in [4.78, 5) is 7.22. The highest BCUT2D eigenvalue weighted by Crippen LogP contribution is 2.36. The summed E-state index contributed by atoms with van der Waals surface area (Å²) >= 11 is 0. The molecule has 3 rings (SSSR count). The predicted octanol–water partition coefficient (Wildman–Crippen LogP) is 4.25. The van der Waals surface area contributed by atoms with Crippen LogP contribution in [0.25, 0.3) is 5.57 Å². The van der Waals surface area contributed by atoms with Crippen molar-refractivity contribution in [2.75, 3.05) is 13.1 Å². The molecule has 2 aliphatic heterocycles. The van der Waals surface area contributed by atoms with Gasteiger partial charge in [0.2, 0.25) is 0 Å². The summed E-state index contributed by atoms with van der Waals surface area (Å²) in [7, 11) is 1.94. The molecule has 0 bridgehead atoms. The maximum atomic E-state index is 4.90. The molecular formula is C22H31N5. The average Bonchev–Trinajstić information content (AvgIpc) is 3.36. The van der Waals surface area contributed by atoms with Crippen molar-refractivity contribution in [3.05, 3.63) is 59.9 Å². The molecule has 0 unspecified atom stereocenters. The van der Waals surface area contributed by atoms with Crippen LogP contribution in [0.1, 0.15) is 45.6 Å². The second kappa shape index (κ2) is 7.99. The van der Waals surface area contributed by atoms with Crippen molar-refractivity contribution >= 4 is 11.4 Å². The van der Waals surface area contributed by atoms with Gasteiger partial charge in [-0.2, -0.15) is 5.10 Å². The van der Waals surface area contributed by atoms with Gasteiger partial charge in [0.05, 0.1) is 17.7 Å². The van der Waals surface area contributed by atoms with E-state index in [9.17, 15) is 0 Å². The number of likely N-dealkylation sites (tertiary alicyclic amines) is 1. The molecule has 1 fully saturated rings. The van der Waals surface area contributed by atoms with Crippen molar-refractivity contribution in [1.82, 2.24) is 20.0 Å². The summed E-state index contributed by atoms with van der Waals surface area (Å²) in [5.41, 5.74) is 5.56. The van der Waals surface area contributed by atoms with Crippen molar-refractivity contribution in [3.63, 3.8) is 0 Å². The molecule has 1 N–H and O–H groups in total. The first-order chi connectivity index (χ1) is 12.9. The first-order valence-electron chi connectivity index (χ1n) is 9.78. The highest BCUT2D eigenvalue weighted by Gasteiger charge is 2.26. The van der Waals surface area contributed by atoms with Gasteiger partial charge in [-0.3, -0.25) is 4.68 Å². The van der Waals surface area contributed by atoms with E-state index in [1.54, 1.807) is 0 Å². The van der Waals surface area contributed by atoms with E-state index < -0.39 is 0 Å². The molecule has 144 valence electrons. The molecule has 0 radical (unpaired) electrons. The zero-order chi connectivity index (χ0) is 19.6. The Kier molecular flexibility index (Phi) is 5.68. The molecule has 0 aromatic carbocycles. The lowest BCUT2D eigenvalue weighted by molar-refractivity contribution is 0.396. The number of nitrogens with zero attached hydrogens (tertiary/aromatic N) is 4. The van der Waals surface area contributed by atoms with E-state index in [1.807, 2.05) is 24.1 Å². The Balaban J connectivity index is 1.82. The number of hydrogen-bond donors (Lipinski definition) is 1. The lowest BCUT2D eigenvalue weighted by Crippen LogP contribution is -2.32. The molecular weight excluding hydrogens is 334 g/mol. The molecule has 0 aliphatic carbocycles. The minimum atomic E-state index is 0.721. The Morgan fingerprint density at radius 2 is 2.19 bits per heavy atom. The minimum Gasteiger partial charge on any atom is -0.358 e. The molecule has 1 aromatic heterocycles. The van der Waals surface area contributed by atoms with Gasteiger partial charge in [-0.15, -0.1) is 0 Å². The number of allylic oxidation sites excluding steroid dienone is 3. The Morgan fingerprint density at radius 3 is 2.74 bits per heavy atom. The van der Waals surface area contributed by atoms with E-state index in [1.165, 1.54) is 17.6 Å². The Hall–Kier alpha value is -2.56. The molecule has 5 nitrogen and oxygen atoms in total. The van der Waals surface area contributed by atoms with E-state index in [4.69, 9.17) is 4.99 Å². The third-order valence-electron chi connectivity index (χ3n) is 5.36. The summed E-state index contributed by atoms with van der Waals surface area (Å²) in [5.74, 6) is 2.62. The Morgan fingerprint density at radius 1 is 1.41 bits per heavy atom. The van der Waals surface area contributed by atoms with Gasteiger partial charge in [-0.1, -0.05) is 33.1 Å². The number of aliphatic imine (C=N–C) groups is 1. The fraction of sp³-hybridized carbons (Fsp3) is 0.455. The van der Waals surface area contributed by atoms with Gasteiger partial charge in [-0.25, -0.2) is 4.99 Å². The molecule has 27 heavy (non-hydrogen) atoms. The number of amidine groups is 1. The largest absolute Gasteiger partial charge is 0.358 e. The van der Waals surface area contributed by atoms with Crippen LogP contribution in [0.4, 0.5) is 0 Å². The predicted molar refractivity (Wildman–Crippen MR) is 113 cm³/mol. The molecule has 1 aromatic rings. The Bertz CT molecular complexity index is 837. The summed E-state index contributed by atoms with van der Waals surface area (Å²) in [6, 6.07) is 0. The van der Waals surface area contributed by atoms with Crippen LogP contribution >= 0.6 is 0 Å². The smallest absolute Gasteiger partial charge is 0.112 e. The van der Waals surface area contributed by atoms with Gasteiger partial charge < -0.3 is 10.2 Å². The van der Waals surface area contributed by atoms with Crippen molar-refractivity contribution in [2.45, 2.75) is 40.0 Å². The highest BCUT2D eigenvalue weighted by molar-refractivity contribution is 5.97. The molecule has 5 heteroatoms. The molecule has 0 amide bonds. The number of rotatable bonds is 6. The van der Waals surface area contributed by atoms with Gasteiger partial charge >= 0.3 is 0 Å². The maximum Gasteiger partial charge on any atom is 0.112 e. The second-order valence-corrected chi connectivity index (χ2v) is 7.54. The zero-order valence-electron chi connectivity index (χ0n) is 17.0. The van der Waals surface area contributed by atoms with Gasteiger partial charge in [0.25, 0.3) is 0 Å². The van der Waals surface area contributed by atoms with Crippen molar-refractivity contribution < 1.29 is 0 Å². The van der Waals surface area contributed by atoms with E-state index >= 15 is 0 Å². The number of hydrogen-bond acceptors (Lipinski definition) is 4. The number of aromatic nitrogens is 2. The van der Waals surface area contributed by atoms with Crippen LogP contribution < -0.4 is 5.32 Å². The van der Waals surface area contributed by atoms with Gasteiger partial charge in [0.15, 0.2) is 0 Å². The monoisotopic (exact) mass is 365 g/mol. The third-order valence-corrected chi connectivity index (χ3v) is 5.36. The summed E-state index contributed by atoms with van der Waals surface area (Å²) < 4.78 is 1.83. The van der Waals surface area contributed by atoms with Crippen LogP contribution in [0.5, 0.6) is 0 Å². The van der Waals surface area contributed by atoms with Crippen LogP contribution in [0.2, 0.25) is 0 Å². The highest BCUT2D eigenvalue weighted by atomic mass is 15.3. The number of aryl methyl sites for hydroxylation is 1. The summed E-state index contributed by atoms with van der Waals surface area (Å²) in [6.07, 6.45) is 8.95. The lowest BCUT2D eigenvalue weighted by atomic mass is 9.94. The molecule has 0 saturated carbocycles. The zero-order valence-corrected chi connectivity index (χ0v) is 17.0. The minimum absolute atomic E-state index is 0.721. The third kappa shape index (κ3) is 4.07. The molecule has 0 spiro atoms. The van der Waals surface area contributed by atoms with Crippen molar-refractivity contribution in [3.8, 4) is 0 Å². The van der Waals surface area contributed by atoms with Crippen LogP contribution in [-0.2, 0) is 7.05 Å². The summed E-state index contributed by atoms with van der Waals surface area (Å²) in [5, 5.41) is 7.80. The van der Waals surface area contributed by atoms with E-state index in [2.05, 4.69) is 55.3 Å². The summed E-state index contributed by atoms with van der Waals surface area (Å²) in [6.45, 7) is 17.1. The Labute approximate surface area is 162 Å². The van der Waals surface area contributed by atoms with Gasteiger partial charge in [-0.05, 0) is 42.4 Å². The fourth-order valence-electron chi connectivity index (χ4n) is 3.75.